The van der Waals surface area contributed by atoms with Crippen LogP contribution in [0.25, 0.3) is 0 Å². The second kappa shape index (κ2) is 44.8. The third-order valence-corrected chi connectivity index (χ3v) is 0. The van der Waals surface area contributed by atoms with E-state index < -0.39 is 0 Å². The Morgan fingerprint density at radius 3 is 0.833 bits per heavy atom. The van der Waals surface area contributed by atoms with Crippen molar-refractivity contribution in [2.24, 2.45) is 0 Å². The smallest absolute Gasteiger partial charge is 2.00 e. The van der Waals surface area contributed by atoms with Crippen molar-refractivity contribution in [3.8, 4) is 0 Å². The van der Waals surface area contributed by atoms with Crippen molar-refractivity contribution in [1.29, 1.82) is 0 Å². The molecule has 0 bridgehead atoms. The first-order valence-electron chi connectivity index (χ1n) is 0. The summed E-state index contributed by atoms with van der Waals surface area (Å²) in [6, 6.07) is 0. The molecule has 0 saturated heterocycles. The van der Waals surface area contributed by atoms with E-state index >= 15 is 0 Å². The van der Waals surface area contributed by atoms with Crippen LogP contribution < -0.4 is 0 Å². The van der Waals surface area contributed by atoms with Gasteiger partial charge in [0.05, 0.1) is 0 Å². The van der Waals surface area contributed by atoms with Crippen LogP contribution >= 0.6 is 0 Å². The fourth-order valence-electron chi connectivity index (χ4n) is 0. The van der Waals surface area contributed by atoms with E-state index in [0.717, 1.165) is 0 Å². The van der Waals surface area contributed by atoms with Gasteiger partial charge in [-0.2, -0.15) is 0 Å². The maximum Gasteiger partial charge on any atom is 4.00 e. The molecular formula is CdGaGeInO2. The van der Waals surface area contributed by atoms with E-state index in [1.54, 1.807) is 0 Å². The topological polar surface area (TPSA) is 57.0 Å². The van der Waals surface area contributed by atoms with Gasteiger partial charge in [-0.15, -0.1) is 0 Å². The zero-order valence-corrected chi connectivity index (χ0v) is 15.0. The Morgan fingerprint density at radius 2 is 0.833 bits per heavy atom. The molecule has 0 heterocycles. The molecule has 0 N–H and O–H groups in total. The first-order chi connectivity index (χ1) is 0. The first-order valence-corrected chi connectivity index (χ1v) is 0. The van der Waals surface area contributed by atoms with Crippen molar-refractivity contribution in [3.63, 3.8) is 0 Å². The largest absolute Gasteiger partial charge is 4.00 e. The Labute approximate surface area is 99.8 Å². The number of hydrogen-bond donors (Lipinski definition) is 0. The maximum atomic E-state index is 0. The van der Waals surface area contributed by atoms with Crippen LogP contribution in [0.15, 0.2) is 0 Å². The van der Waals surface area contributed by atoms with Crippen molar-refractivity contribution in [2.45, 2.75) is 0 Å². The molecule has 6 radical (unpaired) electrons. The molecule has 0 aliphatic heterocycles. The Morgan fingerprint density at radius 1 is 0.833 bits per heavy atom. The second-order valence-electron chi connectivity index (χ2n) is 0. The van der Waals surface area contributed by atoms with Crippen molar-refractivity contribution in [2.75, 3.05) is 0 Å². The Hall–Kier alpha value is 2.89. The molecule has 2 nitrogen and oxygen atoms in total. The van der Waals surface area contributed by atoms with Crippen LogP contribution in [-0.4, -0.2) is 63.2 Å². The van der Waals surface area contributed by atoms with Gasteiger partial charge in [-0.25, -0.2) is 0 Å². The molecule has 0 aromatic carbocycles. The molecule has 6 heavy (non-hydrogen) atoms. The minimum absolute atomic E-state index is 0. The summed E-state index contributed by atoms with van der Waals surface area (Å²) in [4.78, 5) is 0. The van der Waals surface area contributed by atoms with E-state index in [0.29, 0.717) is 0 Å². The van der Waals surface area contributed by atoms with Gasteiger partial charge >= 0.3 is 17.6 Å². The molecule has 0 rings (SSSR count). The molecule has 6 heteroatoms. The van der Waals surface area contributed by atoms with Crippen molar-refractivity contribution in [1.82, 2.24) is 0 Å². The Kier molecular flexibility index (Phi) is 495. The molecule has 0 aromatic rings. The molecule has 0 unspecified atom stereocenters. The van der Waals surface area contributed by atoms with Gasteiger partial charge in [-0.1, -0.05) is 0 Å². The predicted octanol–water partition coefficient (Wildman–Crippen LogP) is -1.38. The van der Waals surface area contributed by atoms with Crippen LogP contribution in [0, 0.1) is 0 Å². The molecular weight excluding hydrogens is 402 g/mol. The third-order valence-electron chi connectivity index (χ3n) is 0. The molecule has 0 amide bonds. The summed E-state index contributed by atoms with van der Waals surface area (Å²) >= 11 is 0. The summed E-state index contributed by atoms with van der Waals surface area (Å²) in [7, 11) is 0. The maximum absolute atomic E-state index is 0. The number of hydrogen-bond acceptors (Lipinski definition) is 0. The third kappa shape index (κ3) is 28.6. The summed E-state index contributed by atoms with van der Waals surface area (Å²) < 4.78 is 0. The van der Waals surface area contributed by atoms with Crippen LogP contribution in [0.2, 0.25) is 0 Å². The van der Waals surface area contributed by atoms with Crippen molar-refractivity contribution < 1.29 is 38.3 Å². The molecule has 0 spiro atoms. The molecule has 0 aromatic heterocycles. The average molecular weight is 402 g/mol. The zero-order chi connectivity index (χ0) is 0. The van der Waals surface area contributed by atoms with E-state index in [1.165, 1.54) is 0 Å². The van der Waals surface area contributed by atoms with Crippen molar-refractivity contribution in [3.05, 3.63) is 0 Å². The fourth-order valence-corrected chi connectivity index (χ4v) is 0. The fraction of sp³-hybridized carbons (Fsp3) is 0. The quantitative estimate of drug-likeness (QED) is 0.449. The number of rotatable bonds is 0. The van der Waals surface area contributed by atoms with Gasteiger partial charge in [0, 0.05) is 72.9 Å². The Bertz CT molecular complexity index is 13.5. The van der Waals surface area contributed by atoms with Crippen LogP contribution in [0.1, 0.15) is 0 Å². The minimum atomic E-state index is 0. The van der Waals surface area contributed by atoms with Gasteiger partial charge in [0.2, 0.25) is 0 Å². The van der Waals surface area contributed by atoms with Crippen LogP contribution in [0.4, 0.5) is 0 Å². The van der Waals surface area contributed by atoms with Gasteiger partial charge in [0.15, 0.2) is 0 Å². The molecule has 0 atom stereocenters. The average Bonchev–Trinajstić information content (AvgIpc) is 0. The Balaban J connectivity index is 0. The van der Waals surface area contributed by atoms with E-state index in [-0.39, 0.29) is 101 Å². The van der Waals surface area contributed by atoms with Crippen LogP contribution in [-0.2, 0) is 38.3 Å². The second-order valence-corrected chi connectivity index (χ2v) is 0. The monoisotopic (exact) mass is 404 g/mol. The normalized spacial score (nSPS) is 0. The standard InChI is InChI=1S/Cd.Ga.Ge.In.2O/q;;+4;;2*-2. The summed E-state index contributed by atoms with van der Waals surface area (Å²) in [5.41, 5.74) is 0. The summed E-state index contributed by atoms with van der Waals surface area (Å²) in [6.45, 7) is 0. The molecule has 0 aliphatic rings. The van der Waals surface area contributed by atoms with E-state index in [9.17, 15) is 0 Å². The molecule has 24 valence electrons. The SMILES string of the molecule is [Cd].[Ga].[Ge+4].[In].[O-2].[O-2]. The van der Waals surface area contributed by atoms with E-state index in [4.69, 9.17) is 0 Å². The molecule has 0 aliphatic carbocycles. The van der Waals surface area contributed by atoms with Gasteiger partial charge < -0.3 is 11.0 Å². The van der Waals surface area contributed by atoms with Gasteiger partial charge in [-0.3, -0.25) is 0 Å². The first kappa shape index (κ1) is 66.2. The van der Waals surface area contributed by atoms with Gasteiger partial charge in [0.25, 0.3) is 0 Å². The predicted molar refractivity (Wildman–Crippen MR) is 18.6 cm³/mol. The van der Waals surface area contributed by atoms with E-state index in [1.807, 2.05) is 0 Å². The summed E-state index contributed by atoms with van der Waals surface area (Å²) in [5, 5.41) is 0. The summed E-state index contributed by atoms with van der Waals surface area (Å²) in [6.07, 6.45) is 0. The van der Waals surface area contributed by atoms with Crippen LogP contribution in [0.3, 0.4) is 0 Å². The minimum Gasteiger partial charge on any atom is -2.00 e. The molecule has 0 fully saturated rings. The summed E-state index contributed by atoms with van der Waals surface area (Å²) in [5.74, 6) is 0. The van der Waals surface area contributed by atoms with Gasteiger partial charge in [-0.05, 0) is 0 Å². The van der Waals surface area contributed by atoms with E-state index in [2.05, 4.69) is 0 Å². The van der Waals surface area contributed by atoms with Gasteiger partial charge in [0.1, 0.15) is 0 Å². The van der Waals surface area contributed by atoms with Crippen LogP contribution in [0.5, 0.6) is 0 Å². The molecule has 0 saturated carbocycles. The van der Waals surface area contributed by atoms with Crippen molar-refractivity contribution >= 4 is 63.2 Å². The zero-order valence-electron chi connectivity index (χ0n) is 3.18.